The molecule has 0 spiro atoms. The van der Waals surface area contributed by atoms with Crippen LogP contribution in [0.3, 0.4) is 0 Å². The summed E-state index contributed by atoms with van der Waals surface area (Å²) in [6, 6.07) is 19.2. The number of nitro benzene ring substituents is 2. The predicted octanol–water partition coefficient (Wildman–Crippen LogP) is 5.41. The van der Waals surface area contributed by atoms with Crippen molar-refractivity contribution in [2.24, 2.45) is 5.92 Å². The fourth-order valence-corrected chi connectivity index (χ4v) is 4.52. The number of methoxy groups -OCH3 is 1. The van der Waals surface area contributed by atoms with Crippen molar-refractivity contribution in [3.63, 3.8) is 0 Å². The minimum Gasteiger partial charge on any atom is -0.497 e. The largest absolute Gasteiger partial charge is 0.497 e. The number of nitrogens with zero attached hydrogens (tertiary/aromatic N) is 3. The second-order valence-electron chi connectivity index (χ2n) is 8.22. The summed E-state index contributed by atoms with van der Waals surface area (Å²) in [5.74, 6) is 0.359. The van der Waals surface area contributed by atoms with Crippen LogP contribution >= 0.6 is 0 Å². The number of piperidine rings is 1. The smallest absolute Gasteiger partial charge is 0.269 e. The predicted molar refractivity (Wildman–Crippen MR) is 126 cm³/mol. The van der Waals surface area contributed by atoms with E-state index < -0.39 is 15.9 Å². The Morgan fingerprint density at radius 2 is 1.32 bits per heavy atom. The molecule has 0 saturated carbocycles. The molecule has 0 amide bonds. The van der Waals surface area contributed by atoms with E-state index in [0.29, 0.717) is 5.75 Å². The van der Waals surface area contributed by atoms with Crippen LogP contribution in [0.4, 0.5) is 17.1 Å². The minimum absolute atomic E-state index is 0.0258. The second-order valence-corrected chi connectivity index (χ2v) is 8.22. The molecular formula is C25H23N3O6. The molecule has 3 aromatic rings. The standard InChI is InChI=1S/C25H23N3O6/c1-16-24(29)15-23(17-3-7-20(8-4-17)27(30)31)26(19-11-13-22(34-2)14-12-19)25(16)18-5-9-21(10-6-18)28(32)33/h3-14,16,23,25H,15H2,1-2H3/t16-,23+,25-/m0/s1. The van der Waals surface area contributed by atoms with Gasteiger partial charge in [0, 0.05) is 42.3 Å². The summed E-state index contributed by atoms with van der Waals surface area (Å²) in [4.78, 5) is 36.6. The number of hydrogen-bond donors (Lipinski definition) is 0. The van der Waals surface area contributed by atoms with Crippen molar-refractivity contribution in [1.29, 1.82) is 0 Å². The Morgan fingerprint density at radius 1 is 0.824 bits per heavy atom. The van der Waals surface area contributed by atoms with Crippen molar-refractivity contribution in [1.82, 2.24) is 0 Å². The van der Waals surface area contributed by atoms with E-state index in [-0.39, 0.29) is 35.5 Å². The van der Waals surface area contributed by atoms with Crippen LogP contribution < -0.4 is 9.64 Å². The lowest BCUT2D eigenvalue weighted by Gasteiger charge is -2.46. The van der Waals surface area contributed by atoms with Crippen molar-refractivity contribution >= 4 is 22.8 Å². The summed E-state index contributed by atoms with van der Waals surface area (Å²) >= 11 is 0. The summed E-state index contributed by atoms with van der Waals surface area (Å²) in [5, 5.41) is 22.3. The number of ketones is 1. The minimum atomic E-state index is -0.460. The zero-order valence-electron chi connectivity index (χ0n) is 18.7. The van der Waals surface area contributed by atoms with E-state index in [4.69, 9.17) is 4.74 Å². The van der Waals surface area contributed by atoms with Gasteiger partial charge in [-0.3, -0.25) is 25.0 Å². The number of non-ortho nitro benzene ring substituents is 2. The fraction of sp³-hybridized carbons (Fsp3) is 0.240. The lowest BCUT2D eigenvalue weighted by Crippen LogP contribution is -2.45. The van der Waals surface area contributed by atoms with E-state index in [9.17, 15) is 25.0 Å². The van der Waals surface area contributed by atoms with Gasteiger partial charge in [-0.1, -0.05) is 31.2 Å². The lowest BCUT2D eigenvalue weighted by molar-refractivity contribution is -0.385. The van der Waals surface area contributed by atoms with Gasteiger partial charge in [-0.25, -0.2) is 0 Å². The average Bonchev–Trinajstić information content (AvgIpc) is 2.85. The van der Waals surface area contributed by atoms with Crippen LogP contribution in [0.25, 0.3) is 0 Å². The Kier molecular flexibility index (Phi) is 6.27. The molecule has 9 nitrogen and oxygen atoms in total. The van der Waals surface area contributed by atoms with Gasteiger partial charge in [-0.15, -0.1) is 0 Å². The number of Topliss-reactive ketones (excluding diaryl/α,β-unsaturated/α-hetero) is 1. The third kappa shape index (κ3) is 4.32. The summed E-state index contributed by atoms with van der Waals surface area (Å²) in [5.41, 5.74) is 2.33. The van der Waals surface area contributed by atoms with E-state index in [0.717, 1.165) is 16.8 Å². The molecule has 1 aliphatic rings. The Balaban J connectivity index is 1.84. The summed E-state index contributed by atoms with van der Waals surface area (Å²) in [7, 11) is 1.58. The molecule has 34 heavy (non-hydrogen) atoms. The Hall–Kier alpha value is -4.27. The van der Waals surface area contributed by atoms with Gasteiger partial charge in [0.05, 0.1) is 29.0 Å². The monoisotopic (exact) mass is 461 g/mol. The van der Waals surface area contributed by atoms with Crippen molar-refractivity contribution in [3.05, 3.63) is 104 Å². The maximum Gasteiger partial charge on any atom is 0.269 e. The number of carbonyl (C=O) groups excluding carboxylic acids is 1. The van der Waals surface area contributed by atoms with Gasteiger partial charge in [-0.05, 0) is 35.4 Å². The molecule has 0 radical (unpaired) electrons. The van der Waals surface area contributed by atoms with Crippen LogP contribution in [0, 0.1) is 26.1 Å². The molecule has 1 fully saturated rings. The molecule has 3 aromatic carbocycles. The van der Waals surface area contributed by atoms with Crippen LogP contribution in [-0.2, 0) is 4.79 Å². The third-order valence-electron chi connectivity index (χ3n) is 6.32. The van der Waals surface area contributed by atoms with Gasteiger partial charge >= 0.3 is 0 Å². The first-order valence-electron chi connectivity index (χ1n) is 10.7. The van der Waals surface area contributed by atoms with Crippen LogP contribution in [-0.4, -0.2) is 22.7 Å². The molecule has 174 valence electrons. The van der Waals surface area contributed by atoms with Gasteiger partial charge in [0.1, 0.15) is 11.5 Å². The SMILES string of the molecule is COc1ccc(N2[C@@H](c3ccc([N+](=O)[O-])cc3)CC(=O)[C@H](C)[C@H]2c2ccc([N+](=O)[O-])cc2)cc1. The molecule has 0 aromatic heterocycles. The highest BCUT2D eigenvalue weighted by Gasteiger charge is 2.42. The molecule has 1 heterocycles. The number of nitro groups is 2. The summed E-state index contributed by atoms with van der Waals surface area (Å²) < 4.78 is 5.29. The molecule has 1 aliphatic heterocycles. The van der Waals surface area contributed by atoms with Gasteiger partial charge in [0.15, 0.2) is 0 Å². The maximum atomic E-state index is 13.1. The van der Waals surface area contributed by atoms with E-state index in [1.807, 2.05) is 31.2 Å². The van der Waals surface area contributed by atoms with Gasteiger partial charge in [0.25, 0.3) is 11.4 Å². The molecule has 0 unspecified atom stereocenters. The molecule has 0 aliphatic carbocycles. The van der Waals surface area contributed by atoms with Crippen LogP contribution in [0.5, 0.6) is 5.75 Å². The van der Waals surface area contributed by atoms with E-state index in [2.05, 4.69) is 4.90 Å². The zero-order chi connectivity index (χ0) is 24.4. The first-order valence-corrected chi connectivity index (χ1v) is 10.7. The molecule has 9 heteroatoms. The van der Waals surface area contributed by atoms with E-state index in [1.165, 1.54) is 24.3 Å². The number of hydrogen-bond acceptors (Lipinski definition) is 7. The van der Waals surface area contributed by atoms with E-state index >= 15 is 0 Å². The highest BCUT2D eigenvalue weighted by molar-refractivity contribution is 5.85. The van der Waals surface area contributed by atoms with Crippen LogP contribution in [0.2, 0.25) is 0 Å². The number of benzene rings is 3. The number of rotatable bonds is 6. The van der Waals surface area contributed by atoms with Crippen molar-refractivity contribution in [2.45, 2.75) is 25.4 Å². The number of carbonyl (C=O) groups is 1. The van der Waals surface area contributed by atoms with Gasteiger partial charge in [-0.2, -0.15) is 0 Å². The van der Waals surface area contributed by atoms with Crippen molar-refractivity contribution < 1.29 is 19.4 Å². The number of ether oxygens (including phenoxy) is 1. The Labute approximate surface area is 195 Å². The first-order chi connectivity index (χ1) is 16.3. The quantitative estimate of drug-likeness (QED) is 0.356. The lowest BCUT2D eigenvalue weighted by atomic mass is 9.79. The normalized spacial score (nSPS) is 20.1. The maximum absolute atomic E-state index is 13.1. The zero-order valence-corrected chi connectivity index (χ0v) is 18.7. The molecular weight excluding hydrogens is 438 g/mol. The average molecular weight is 461 g/mol. The molecule has 0 N–H and O–H groups in total. The van der Waals surface area contributed by atoms with Gasteiger partial charge < -0.3 is 9.64 Å². The van der Waals surface area contributed by atoms with Crippen LogP contribution in [0.15, 0.2) is 72.8 Å². The Bertz CT molecular complexity index is 1210. The topological polar surface area (TPSA) is 116 Å². The molecule has 1 saturated heterocycles. The third-order valence-corrected chi connectivity index (χ3v) is 6.32. The fourth-order valence-electron chi connectivity index (χ4n) is 4.52. The van der Waals surface area contributed by atoms with Gasteiger partial charge in [0.2, 0.25) is 0 Å². The van der Waals surface area contributed by atoms with Crippen molar-refractivity contribution in [2.75, 3.05) is 12.0 Å². The van der Waals surface area contributed by atoms with Crippen LogP contribution in [0.1, 0.15) is 36.6 Å². The summed E-state index contributed by atoms with van der Waals surface area (Å²) in [6.07, 6.45) is 0.231. The van der Waals surface area contributed by atoms with E-state index in [1.54, 1.807) is 31.4 Å². The highest BCUT2D eigenvalue weighted by atomic mass is 16.6. The molecule has 0 bridgehead atoms. The van der Waals surface area contributed by atoms with Crippen molar-refractivity contribution in [3.8, 4) is 5.75 Å². The summed E-state index contributed by atoms with van der Waals surface area (Å²) in [6.45, 7) is 1.86. The molecule has 4 rings (SSSR count). The second kappa shape index (κ2) is 9.30. The highest BCUT2D eigenvalue weighted by Crippen LogP contribution is 2.46. The molecule has 3 atom stereocenters. The first kappa shape index (κ1) is 22.9. The Morgan fingerprint density at radius 3 is 1.79 bits per heavy atom. The number of anilines is 1.